The molecule has 0 saturated carbocycles. The van der Waals surface area contributed by atoms with Gasteiger partial charge in [0.15, 0.2) is 5.78 Å². The van der Waals surface area contributed by atoms with E-state index in [1.807, 2.05) is 30.3 Å². The SMILES string of the molecule is O=C(Cl)CC(=O)c1ccc2ccccc2c1. The van der Waals surface area contributed by atoms with E-state index in [0.29, 0.717) is 5.56 Å². The fourth-order valence-corrected chi connectivity index (χ4v) is 1.71. The predicted molar refractivity (Wildman–Crippen MR) is 63.8 cm³/mol. The molecule has 0 heterocycles. The number of ketones is 1. The Balaban J connectivity index is 2.39. The van der Waals surface area contributed by atoms with E-state index in [1.54, 1.807) is 12.1 Å². The Bertz CT molecular complexity index is 561. The number of carbonyl (C=O) groups excluding carboxylic acids is 2. The third-order valence-corrected chi connectivity index (χ3v) is 2.50. The molecule has 0 aliphatic rings. The number of benzene rings is 2. The zero-order valence-electron chi connectivity index (χ0n) is 8.44. The van der Waals surface area contributed by atoms with E-state index >= 15 is 0 Å². The van der Waals surface area contributed by atoms with Crippen molar-refractivity contribution in [3.63, 3.8) is 0 Å². The summed E-state index contributed by atoms with van der Waals surface area (Å²) in [6.45, 7) is 0. The molecule has 3 heteroatoms. The van der Waals surface area contributed by atoms with Gasteiger partial charge in [-0.1, -0.05) is 36.4 Å². The van der Waals surface area contributed by atoms with Gasteiger partial charge in [-0.05, 0) is 28.4 Å². The molecule has 16 heavy (non-hydrogen) atoms. The van der Waals surface area contributed by atoms with Gasteiger partial charge in [-0.25, -0.2) is 0 Å². The van der Waals surface area contributed by atoms with Crippen molar-refractivity contribution < 1.29 is 9.59 Å². The topological polar surface area (TPSA) is 34.1 Å². The second kappa shape index (κ2) is 4.45. The number of fused-ring (bicyclic) bond motifs is 1. The van der Waals surface area contributed by atoms with E-state index in [0.717, 1.165) is 10.8 Å². The number of halogens is 1. The summed E-state index contributed by atoms with van der Waals surface area (Å²) in [7, 11) is 0. The fourth-order valence-electron chi connectivity index (χ4n) is 1.59. The smallest absolute Gasteiger partial charge is 0.229 e. The van der Waals surface area contributed by atoms with E-state index in [2.05, 4.69) is 0 Å². The Labute approximate surface area is 97.8 Å². The predicted octanol–water partition coefficient (Wildman–Crippen LogP) is 3.18. The molecule has 0 spiro atoms. The average molecular weight is 233 g/mol. The minimum atomic E-state index is -0.627. The van der Waals surface area contributed by atoms with Crippen LogP contribution in [-0.2, 0) is 4.79 Å². The summed E-state index contributed by atoms with van der Waals surface area (Å²) in [4.78, 5) is 22.2. The summed E-state index contributed by atoms with van der Waals surface area (Å²) in [6, 6.07) is 13.1. The van der Waals surface area contributed by atoms with E-state index in [4.69, 9.17) is 11.6 Å². The van der Waals surface area contributed by atoms with Crippen molar-refractivity contribution in [2.45, 2.75) is 6.42 Å². The average Bonchev–Trinajstić information content (AvgIpc) is 2.27. The van der Waals surface area contributed by atoms with Crippen molar-refractivity contribution in [2.75, 3.05) is 0 Å². The highest BCUT2D eigenvalue weighted by atomic mass is 35.5. The largest absolute Gasteiger partial charge is 0.294 e. The molecular formula is C13H9ClO2. The van der Waals surface area contributed by atoms with Gasteiger partial charge < -0.3 is 0 Å². The highest BCUT2D eigenvalue weighted by molar-refractivity contribution is 6.65. The van der Waals surface area contributed by atoms with Crippen LogP contribution in [0.15, 0.2) is 42.5 Å². The molecule has 2 aromatic carbocycles. The van der Waals surface area contributed by atoms with Crippen molar-refractivity contribution in [2.24, 2.45) is 0 Å². The number of rotatable bonds is 3. The maximum atomic E-state index is 11.6. The first-order valence-corrected chi connectivity index (χ1v) is 5.25. The van der Waals surface area contributed by atoms with Crippen LogP contribution in [0.25, 0.3) is 10.8 Å². The molecule has 0 bridgehead atoms. The third-order valence-electron chi connectivity index (χ3n) is 2.37. The Hall–Kier alpha value is -1.67. The standard InChI is InChI=1S/C13H9ClO2/c14-13(16)8-12(15)11-6-5-9-3-1-2-4-10(9)7-11/h1-7H,8H2. The summed E-state index contributed by atoms with van der Waals surface area (Å²) in [5.41, 5.74) is 0.521. The van der Waals surface area contributed by atoms with Gasteiger partial charge in [0.1, 0.15) is 0 Å². The lowest BCUT2D eigenvalue weighted by Crippen LogP contribution is -2.02. The van der Waals surface area contributed by atoms with Gasteiger partial charge in [0.05, 0.1) is 6.42 Å². The molecule has 0 N–H and O–H groups in total. The zero-order valence-corrected chi connectivity index (χ0v) is 9.20. The Morgan fingerprint density at radius 2 is 1.69 bits per heavy atom. The monoisotopic (exact) mass is 232 g/mol. The highest BCUT2D eigenvalue weighted by Crippen LogP contribution is 2.16. The molecule has 0 unspecified atom stereocenters. The van der Waals surface area contributed by atoms with E-state index in [1.165, 1.54) is 0 Å². The van der Waals surface area contributed by atoms with Gasteiger partial charge in [0, 0.05) is 5.56 Å². The minimum Gasteiger partial charge on any atom is -0.294 e. The van der Waals surface area contributed by atoms with Gasteiger partial charge in [0.25, 0.3) is 0 Å². The minimum absolute atomic E-state index is 0.245. The molecule has 0 radical (unpaired) electrons. The van der Waals surface area contributed by atoms with Crippen LogP contribution in [0.5, 0.6) is 0 Å². The molecule has 0 aliphatic carbocycles. The van der Waals surface area contributed by atoms with E-state index < -0.39 is 5.24 Å². The van der Waals surface area contributed by atoms with Gasteiger partial charge in [-0.15, -0.1) is 0 Å². The molecule has 0 aromatic heterocycles. The lowest BCUT2D eigenvalue weighted by Gasteiger charge is -2.01. The van der Waals surface area contributed by atoms with Crippen molar-refractivity contribution >= 4 is 33.4 Å². The molecule has 80 valence electrons. The van der Waals surface area contributed by atoms with Crippen molar-refractivity contribution in [3.8, 4) is 0 Å². The molecule has 2 nitrogen and oxygen atoms in total. The lowest BCUT2D eigenvalue weighted by atomic mass is 10.0. The van der Waals surface area contributed by atoms with E-state index in [-0.39, 0.29) is 12.2 Å². The van der Waals surface area contributed by atoms with Gasteiger partial charge in [0.2, 0.25) is 5.24 Å². The van der Waals surface area contributed by atoms with Gasteiger partial charge >= 0.3 is 0 Å². The maximum Gasteiger partial charge on any atom is 0.229 e. The van der Waals surface area contributed by atoms with Crippen LogP contribution in [0.1, 0.15) is 16.8 Å². The third kappa shape index (κ3) is 2.28. The Morgan fingerprint density at radius 3 is 2.38 bits per heavy atom. The Morgan fingerprint density at radius 1 is 1.00 bits per heavy atom. The molecule has 0 saturated heterocycles. The molecular weight excluding hydrogens is 224 g/mol. The summed E-state index contributed by atoms with van der Waals surface area (Å²) in [6.07, 6.45) is -0.250. The van der Waals surface area contributed by atoms with Crippen LogP contribution in [-0.4, -0.2) is 11.0 Å². The first-order chi connectivity index (χ1) is 7.66. The molecule has 0 fully saturated rings. The van der Waals surface area contributed by atoms with Crippen molar-refractivity contribution in [1.29, 1.82) is 0 Å². The fraction of sp³-hybridized carbons (Fsp3) is 0.0769. The van der Waals surface area contributed by atoms with Crippen LogP contribution in [0, 0.1) is 0 Å². The van der Waals surface area contributed by atoms with Gasteiger partial charge in [-0.2, -0.15) is 0 Å². The van der Waals surface area contributed by atoms with Crippen LogP contribution in [0.2, 0.25) is 0 Å². The van der Waals surface area contributed by atoms with Crippen molar-refractivity contribution in [3.05, 3.63) is 48.0 Å². The second-order valence-electron chi connectivity index (χ2n) is 3.52. The van der Waals surface area contributed by atoms with Crippen LogP contribution < -0.4 is 0 Å². The van der Waals surface area contributed by atoms with Crippen LogP contribution >= 0.6 is 11.6 Å². The second-order valence-corrected chi connectivity index (χ2v) is 3.94. The summed E-state index contributed by atoms with van der Waals surface area (Å²) >= 11 is 5.18. The first kappa shape index (κ1) is 10.8. The lowest BCUT2D eigenvalue weighted by molar-refractivity contribution is -0.110. The number of hydrogen-bond donors (Lipinski definition) is 0. The number of carbonyl (C=O) groups is 2. The van der Waals surface area contributed by atoms with Crippen LogP contribution in [0.3, 0.4) is 0 Å². The highest BCUT2D eigenvalue weighted by Gasteiger charge is 2.09. The summed E-state index contributed by atoms with van der Waals surface area (Å²) in [5, 5.41) is 1.42. The normalized spacial score (nSPS) is 10.3. The van der Waals surface area contributed by atoms with Crippen LogP contribution in [0.4, 0.5) is 0 Å². The number of Topliss-reactive ketones (excluding diaryl/α,β-unsaturated/α-hetero) is 1. The molecule has 0 amide bonds. The summed E-state index contributed by atoms with van der Waals surface area (Å²) < 4.78 is 0. The van der Waals surface area contributed by atoms with Crippen molar-refractivity contribution in [1.82, 2.24) is 0 Å². The maximum absolute atomic E-state index is 11.6. The first-order valence-electron chi connectivity index (χ1n) is 4.87. The quantitative estimate of drug-likeness (QED) is 0.463. The Kier molecular flexibility index (Phi) is 3.02. The van der Waals surface area contributed by atoms with E-state index in [9.17, 15) is 9.59 Å². The molecule has 2 rings (SSSR count). The number of hydrogen-bond acceptors (Lipinski definition) is 2. The zero-order chi connectivity index (χ0) is 11.5. The molecule has 2 aromatic rings. The van der Waals surface area contributed by atoms with Gasteiger partial charge in [-0.3, -0.25) is 9.59 Å². The molecule has 0 atom stereocenters. The summed E-state index contributed by atoms with van der Waals surface area (Å²) in [5.74, 6) is -0.245. The molecule has 0 aliphatic heterocycles.